The number of thiazole rings is 1. The third kappa shape index (κ3) is 13.7. The largest absolute Gasteiger partial charge is 0.378 e. The lowest BCUT2D eigenvalue weighted by Crippen LogP contribution is -2.61. The molecule has 4 amide bonds. The normalized spacial score (nSPS) is 18.7. The van der Waals surface area contributed by atoms with Gasteiger partial charge in [0, 0.05) is 56.3 Å². The third-order valence-corrected chi connectivity index (χ3v) is 12.8. The molecular formula is C40H59FN6O8S2. The molecule has 1 aromatic heterocycles. The number of amides is 4. The summed E-state index contributed by atoms with van der Waals surface area (Å²) >= 11 is 3.04. The van der Waals surface area contributed by atoms with E-state index in [1.54, 1.807) is 21.1 Å². The predicted octanol–water partition coefficient (Wildman–Crippen LogP) is 3.06. The van der Waals surface area contributed by atoms with Gasteiger partial charge in [-0.25, -0.2) is 9.37 Å². The molecule has 1 aromatic carbocycles. The molecule has 57 heavy (non-hydrogen) atoms. The van der Waals surface area contributed by atoms with E-state index in [-0.39, 0.29) is 24.7 Å². The number of hydrogen-bond donors (Lipinski definition) is 2. The number of alkyl halides is 1. The molecule has 2 saturated heterocycles. The fourth-order valence-electron chi connectivity index (χ4n) is 6.75. The van der Waals surface area contributed by atoms with E-state index in [1.807, 2.05) is 50.5 Å². The Morgan fingerprint density at radius 3 is 2.19 bits per heavy atom. The van der Waals surface area contributed by atoms with Crippen LogP contribution in [0.3, 0.4) is 0 Å². The van der Waals surface area contributed by atoms with Gasteiger partial charge in [-0.2, -0.15) is 11.8 Å². The van der Waals surface area contributed by atoms with Crippen LogP contribution >= 0.6 is 23.1 Å². The molecule has 2 aromatic rings. The highest BCUT2D eigenvalue weighted by Gasteiger charge is 2.53. The summed E-state index contributed by atoms with van der Waals surface area (Å²) in [5, 5.41) is 5.73. The van der Waals surface area contributed by atoms with Gasteiger partial charge in [-0.1, -0.05) is 24.3 Å². The van der Waals surface area contributed by atoms with Crippen LogP contribution < -0.4 is 10.6 Å². The third-order valence-electron chi connectivity index (χ3n) is 10.5. The fraction of sp³-hybridized carbons (Fsp3) is 0.675. The second kappa shape index (κ2) is 22.3. The van der Waals surface area contributed by atoms with Gasteiger partial charge in [-0.15, -0.1) is 11.3 Å². The van der Waals surface area contributed by atoms with Gasteiger partial charge >= 0.3 is 0 Å². The molecular weight excluding hydrogens is 776 g/mol. The summed E-state index contributed by atoms with van der Waals surface area (Å²) in [5.74, 6) is -0.899. The first-order chi connectivity index (χ1) is 27.5. The average Bonchev–Trinajstić information content (AvgIpc) is 3.55. The molecule has 3 aliphatic rings. The Kier molecular flexibility index (Phi) is 17.5. The van der Waals surface area contributed by atoms with Crippen LogP contribution in [0.25, 0.3) is 10.4 Å². The van der Waals surface area contributed by atoms with Crippen LogP contribution in [0, 0.1) is 6.92 Å². The Bertz CT molecular complexity index is 1590. The summed E-state index contributed by atoms with van der Waals surface area (Å²) in [6, 6.07) is 6.24. The van der Waals surface area contributed by atoms with Crippen molar-refractivity contribution in [3.8, 4) is 10.4 Å². The summed E-state index contributed by atoms with van der Waals surface area (Å²) in [5.41, 5.74) is 2.85. The van der Waals surface area contributed by atoms with Gasteiger partial charge in [0.15, 0.2) is 5.67 Å². The van der Waals surface area contributed by atoms with E-state index < -0.39 is 28.4 Å². The molecule has 3 heterocycles. The SMILES string of the molecule is Cc1ncsc1-c1ccc(CNC(=O)C2CCCN2C(=O)C(NC(=O)C2(F)CC2)C(C)(C)SCCOCCOCCOCCOCCN2CCN(C=O)CC2)cc1. The molecule has 0 spiro atoms. The van der Waals surface area contributed by atoms with Crippen molar-refractivity contribution in [1.82, 2.24) is 30.3 Å². The van der Waals surface area contributed by atoms with Crippen LogP contribution in [0.5, 0.6) is 0 Å². The van der Waals surface area contributed by atoms with Crippen molar-refractivity contribution < 1.29 is 42.5 Å². The lowest BCUT2D eigenvalue weighted by atomic mass is 10.00. The first kappa shape index (κ1) is 44.9. The number of halogens is 1. The van der Waals surface area contributed by atoms with Crippen LogP contribution in [-0.4, -0.2) is 164 Å². The van der Waals surface area contributed by atoms with Crippen molar-refractivity contribution >= 4 is 47.2 Å². The molecule has 0 bridgehead atoms. The lowest BCUT2D eigenvalue weighted by Gasteiger charge is -2.37. The van der Waals surface area contributed by atoms with E-state index in [4.69, 9.17) is 18.9 Å². The Morgan fingerprint density at radius 1 is 0.965 bits per heavy atom. The van der Waals surface area contributed by atoms with Crippen LogP contribution in [0.4, 0.5) is 4.39 Å². The van der Waals surface area contributed by atoms with Gasteiger partial charge in [0.2, 0.25) is 18.2 Å². The van der Waals surface area contributed by atoms with Crippen LogP contribution in [0.1, 0.15) is 50.8 Å². The number of carbonyl (C=O) groups excluding carboxylic acids is 4. The molecule has 2 unspecified atom stereocenters. The predicted molar refractivity (Wildman–Crippen MR) is 218 cm³/mol. The monoisotopic (exact) mass is 834 g/mol. The first-order valence-corrected chi connectivity index (χ1v) is 21.8. The highest BCUT2D eigenvalue weighted by Crippen LogP contribution is 2.41. The van der Waals surface area contributed by atoms with E-state index in [1.165, 1.54) is 11.8 Å². The summed E-state index contributed by atoms with van der Waals surface area (Å²) in [6.45, 7) is 14.1. The first-order valence-electron chi connectivity index (χ1n) is 19.9. The second-order valence-corrected chi connectivity index (χ2v) is 17.7. The van der Waals surface area contributed by atoms with E-state index in [2.05, 4.69) is 20.5 Å². The quantitative estimate of drug-likeness (QED) is 0.112. The average molecular weight is 835 g/mol. The number of piperazine rings is 1. The molecule has 0 radical (unpaired) electrons. The fourth-order valence-corrected chi connectivity index (χ4v) is 8.62. The molecule has 14 nitrogen and oxygen atoms in total. The van der Waals surface area contributed by atoms with Gasteiger partial charge in [0.1, 0.15) is 12.1 Å². The van der Waals surface area contributed by atoms with E-state index in [0.29, 0.717) is 84.5 Å². The van der Waals surface area contributed by atoms with E-state index in [9.17, 15) is 23.6 Å². The number of aryl methyl sites for hydroxylation is 1. The van der Waals surface area contributed by atoms with Gasteiger partial charge < -0.3 is 39.4 Å². The molecule has 316 valence electrons. The topological polar surface area (TPSA) is 152 Å². The number of aromatic nitrogens is 1. The van der Waals surface area contributed by atoms with Gasteiger partial charge in [-0.3, -0.25) is 24.1 Å². The number of thioether (sulfide) groups is 1. The van der Waals surface area contributed by atoms with Crippen molar-refractivity contribution in [2.24, 2.45) is 0 Å². The highest BCUT2D eigenvalue weighted by atomic mass is 32.2. The van der Waals surface area contributed by atoms with Crippen molar-refractivity contribution in [3.63, 3.8) is 0 Å². The molecule has 2 atom stereocenters. The number of benzene rings is 1. The van der Waals surface area contributed by atoms with E-state index in [0.717, 1.165) is 60.8 Å². The van der Waals surface area contributed by atoms with Crippen molar-refractivity contribution in [3.05, 3.63) is 41.0 Å². The maximum atomic E-state index is 14.9. The molecule has 3 fully saturated rings. The van der Waals surface area contributed by atoms with Gasteiger partial charge in [0.05, 0.1) is 68.9 Å². The minimum absolute atomic E-state index is 0.132. The highest BCUT2D eigenvalue weighted by molar-refractivity contribution is 8.00. The summed E-state index contributed by atoms with van der Waals surface area (Å²) in [7, 11) is 0. The minimum atomic E-state index is -1.95. The molecule has 5 rings (SSSR count). The molecule has 2 aliphatic heterocycles. The lowest BCUT2D eigenvalue weighted by molar-refractivity contribution is -0.143. The maximum absolute atomic E-state index is 14.9. The molecule has 1 saturated carbocycles. The Labute approximate surface area is 343 Å². The zero-order chi connectivity index (χ0) is 40.7. The second-order valence-electron chi connectivity index (χ2n) is 15.1. The van der Waals surface area contributed by atoms with Gasteiger partial charge in [0.25, 0.3) is 5.91 Å². The maximum Gasteiger partial charge on any atom is 0.258 e. The van der Waals surface area contributed by atoms with Crippen LogP contribution in [0.15, 0.2) is 29.8 Å². The zero-order valence-corrected chi connectivity index (χ0v) is 35.1. The Balaban J connectivity index is 0.980. The number of rotatable bonds is 25. The van der Waals surface area contributed by atoms with Crippen molar-refractivity contribution in [2.75, 3.05) is 97.9 Å². The van der Waals surface area contributed by atoms with Gasteiger partial charge in [-0.05, 0) is 57.6 Å². The van der Waals surface area contributed by atoms with Crippen LogP contribution in [0.2, 0.25) is 0 Å². The summed E-state index contributed by atoms with van der Waals surface area (Å²) in [4.78, 5) is 62.5. The number of carbonyl (C=O) groups is 4. The number of nitrogens with zero attached hydrogens (tertiary/aromatic N) is 4. The number of ether oxygens (including phenoxy) is 4. The summed E-state index contributed by atoms with van der Waals surface area (Å²) < 4.78 is 36.6. The van der Waals surface area contributed by atoms with E-state index >= 15 is 0 Å². The van der Waals surface area contributed by atoms with Crippen molar-refractivity contribution in [2.45, 2.75) is 75.5 Å². The smallest absolute Gasteiger partial charge is 0.258 e. The van der Waals surface area contributed by atoms with Crippen LogP contribution in [-0.2, 0) is 44.7 Å². The molecule has 1 aliphatic carbocycles. The standard InChI is InChI=1S/C40H59FN6O8S2/c1-30-34(56-28-43-30)32-8-6-31(7-9-32)27-42-36(49)33-5-4-12-47(33)37(50)35(44-38(51)40(41)10-11-40)39(2,3)57-26-25-55-24-23-54-22-21-53-20-19-52-18-17-45-13-15-46(29-48)16-14-45/h6-9,28-29,33,35H,4-5,10-27H2,1-3H3,(H,42,49)(H,44,51). The molecule has 17 heteroatoms. The Morgan fingerprint density at radius 2 is 1.60 bits per heavy atom. The number of likely N-dealkylation sites (tertiary alicyclic amines) is 1. The van der Waals surface area contributed by atoms with Crippen molar-refractivity contribution in [1.29, 1.82) is 0 Å². The molecule has 2 N–H and O–H groups in total. The zero-order valence-electron chi connectivity index (χ0n) is 33.5. The number of hydrogen-bond acceptors (Lipinski definition) is 12. The summed E-state index contributed by atoms with van der Waals surface area (Å²) in [6.07, 6.45) is 2.32. The minimum Gasteiger partial charge on any atom is -0.378 e. The Hall–Kier alpha value is -3.19. The number of nitrogens with one attached hydrogen (secondary N) is 2.